The largest absolute Gasteiger partial charge is 0.488 e. The van der Waals surface area contributed by atoms with Crippen LogP contribution >= 0.6 is 27.5 Å². The Hall–Kier alpha value is -2.57. The number of amides is 1. The first-order chi connectivity index (χ1) is 13.0. The van der Waals surface area contributed by atoms with Gasteiger partial charge in [-0.1, -0.05) is 29.8 Å². The molecule has 27 heavy (non-hydrogen) atoms. The van der Waals surface area contributed by atoms with E-state index in [2.05, 4.69) is 26.5 Å². The molecule has 1 heterocycles. The summed E-state index contributed by atoms with van der Waals surface area (Å²) in [5.41, 5.74) is 4.13. The van der Waals surface area contributed by atoms with Crippen molar-refractivity contribution in [1.29, 1.82) is 0 Å². The lowest BCUT2D eigenvalue weighted by Gasteiger charge is -2.10. The van der Waals surface area contributed by atoms with Gasteiger partial charge in [0.2, 0.25) is 0 Å². The third-order valence-electron chi connectivity index (χ3n) is 3.64. The second kappa shape index (κ2) is 8.88. The van der Waals surface area contributed by atoms with Crippen molar-refractivity contribution in [2.75, 3.05) is 0 Å². The van der Waals surface area contributed by atoms with Crippen molar-refractivity contribution >= 4 is 39.7 Å². The molecule has 1 N–H and O–H groups in total. The number of furan rings is 1. The number of hydrazone groups is 1. The summed E-state index contributed by atoms with van der Waals surface area (Å²) in [5.74, 6) is 1.16. The molecule has 0 radical (unpaired) electrons. The molecule has 1 aromatic heterocycles. The Morgan fingerprint density at radius 3 is 2.78 bits per heavy atom. The van der Waals surface area contributed by atoms with Gasteiger partial charge < -0.3 is 9.15 Å². The second-order valence-corrected chi connectivity index (χ2v) is 6.94. The number of rotatable bonds is 6. The summed E-state index contributed by atoms with van der Waals surface area (Å²) in [6.07, 6.45) is 1.54. The van der Waals surface area contributed by atoms with Gasteiger partial charge in [-0.2, -0.15) is 5.10 Å². The van der Waals surface area contributed by atoms with Gasteiger partial charge in [-0.3, -0.25) is 4.79 Å². The van der Waals surface area contributed by atoms with Crippen molar-refractivity contribution in [1.82, 2.24) is 5.43 Å². The van der Waals surface area contributed by atoms with Crippen LogP contribution in [0.25, 0.3) is 0 Å². The SMILES string of the molecule is Cc1ccc(C(=O)N/N=C\c2ccc(OCc3ccccc3Cl)c(Br)c2)o1. The van der Waals surface area contributed by atoms with Crippen molar-refractivity contribution in [3.63, 3.8) is 0 Å². The molecular formula is C20H16BrClN2O3. The van der Waals surface area contributed by atoms with Crippen LogP contribution in [0.2, 0.25) is 5.02 Å². The first-order valence-corrected chi connectivity index (χ1v) is 9.25. The van der Waals surface area contributed by atoms with E-state index < -0.39 is 5.91 Å². The van der Waals surface area contributed by atoms with E-state index in [-0.39, 0.29) is 5.76 Å². The fraction of sp³-hybridized carbons (Fsp3) is 0.100. The number of aryl methyl sites for hydroxylation is 1. The van der Waals surface area contributed by atoms with Crippen molar-refractivity contribution < 1.29 is 13.9 Å². The quantitative estimate of drug-likeness (QED) is 0.409. The Morgan fingerprint density at radius 2 is 2.07 bits per heavy atom. The second-order valence-electron chi connectivity index (χ2n) is 5.68. The van der Waals surface area contributed by atoms with Gasteiger partial charge in [-0.15, -0.1) is 0 Å². The van der Waals surface area contributed by atoms with Gasteiger partial charge in [0, 0.05) is 10.6 Å². The van der Waals surface area contributed by atoms with Crippen LogP contribution in [-0.4, -0.2) is 12.1 Å². The minimum atomic E-state index is -0.405. The number of halogens is 2. The average Bonchev–Trinajstić information content (AvgIpc) is 3.09. The highest BCUT2D eigenvalue weighted by atomic mass is 79.9. The van der Waals surface area contributed by atoms with Crippen molar-refractivity contribution in [2.24, 2.45) is 5.10 Å². The van der Waals surface area contributed by atoms with E-state index in [0.717, 1.165) is 15.6 Å². The van der Waals surface area contributed by atoms with Crippen LogP contribution in [0.4, 0.5) is 0 Å². The van der Waals surface area contributed by atoms with E-state index in [1.807, 2.05) is 42.5 Å². The maximum atomic E-state index is 11.9. The smallest absolute Gasteiger partial charge is 0.307 e. The predicted octanol–water partition coefficient (Wildman–Crippen LogP) is 5.35. The van der Waals surface area contributed by atoms with Crippen LogP contribution in [0.15, 0.2) is 68.6 Å². The van der Waals surface area contributed by atoms with E-state index in [1.165, 1.54) is 6.21 Å². The fourth-order valence-electron chi connectivity index (χ4n) is 2.26. The zero-order valence-corrected chi connectivity index (χ0v) is 16.8. The number of ether oxygens (including phenoxy) is 1. The number of nitrogens with zero attached hydrogens (tertiary/aromatic N) is 1. The van der Waals surface area contributed by atoms with Crippen molar-refractivity contribution in [3.05, 3.63) is 86.7 Å². The third kappa shape index (κ3) is 5.21. The lowest BCUT2D eigenvalue weighted by atomic mass is 10.2. The number of carbonyl (C=O) groups excluding carboxylic acids is 1. The molecule has 0 bridgehead atoms. The number of nitrogens with one attached hydrogen (secondary N) is 1. The molecule has 0 unspecified atom stereocenters. The molecule has 0 aliphatic heterocycles. The number of hydrogen-bond acceptors (Lipinski definition) is 4. The minimum absolute atomic E-state index is 0.217. The molecule has 2 aromatic carbocycles. The molecule has 138 valence electrons. The third-order valence-corrected chi connectivity index (χ3v) is 4.63. The van der Waals surface area contributed by atoms with Gasteiger partial charge in [-0.25, -0.2) is 5.43 Å². The minimum Gasteiger partial charge on any atom is -0.488 e. The molecule has 7 heteroatoms. The zero-order chi connectivity index (χ0) is 19.2. The summed E-state index contributed by atoms with van der Waals surface area (Å²) in [4.78, 5) is 11.9. The Morgan fingerprint density at radius 1 is 1.26 bits per heavy atom. The number of hydrogen-bond donors (Lipinski definition) is 1. The van der Waals surface area contributed by atoms with Gasteiger partial charge in [0.15, 0.2) is 5.76 Å². The molecular weight excluding hydrogens is 432 g/mol. The Labute approximate surface area is 170 Å². The summed E-state index contributed by atoms with van der Waals surface area (Å²) >= 11 is 9.61. The molecule has 0 atom stereocenters. The number of carbonyl (C=O) groups is 1. The molecule has 3 aromatic rings. The Bertz CT molecular complexity index is 985. The molecule has 5 nitrogen and oxygen atoms in total. The molecule has 0 spiro atoms. The van der Waals surface area contributed by atoms with Crippen LogP contribution in [0.5, 0.6) is 5.75 Å². The highest BCUT2D eigenvalue weighted by Gasteiger charge is 2.08. The van der Waals surface area contributed by atoms with E-state index in [9.17, 15) is 4.79 Å². The van der Waals surface area contributed by atoms with Crippen LogP contribution < -0.4 is 10.2 Å². The number of benzene rings is 2. The summed E-state index contributed by atoms with van der Waals surface area (Å²) in [6.45, 7) is 2.14. The Kier molecular flexibility index (Phi) is 6.32. The summed E-state index contributed by atoms with van der Waals surface area (Å²) in [5, 5.41) is 4.61. The lowest BCUT2D eigenvalue weighted by molar-refractivity contribution is 0.0926. The first kappa shape index (κ1) is 19.2. The average molecular weight is 448 g/mol. The molecule has 0 aliphatic carbocycles. The maximum Gasteiger partial charge on any atom is 0.307 e. The summed E-state index contributed by atoms with van der Waals surface area (Å²) in [6, 6.07) is 16.3. The van der Waals surface area contributed by atoms with Gasteiger partial charge in [0.05, 0.1) is 10.7 Å². The topological polar surface area (TPSA) is 63.8 Å². The maximum absolute atomic E-state index is 11.9. The van der Waals surface area contributed by atoms with Gasteiger partial charge in [0.1, 0.15) is 18.1 Å². The molecule has 0 aliphatic rings. The monoisotopic (exact) mass is 446 g/mol. The Balaban J connectivity index is 1.59. The summed E-state index contributed by atoms with van der Waals surface area (Å²) in [7, 11) is 0. The van der Waals surface area contributed by atoms with Crippen LogP contribution in [-0.2, 0) is 6.61 Å². The van der Waals surface area contributed by atoms with E-state index >= 15 is 0 Å². The zero-order valence-electron chi connectivity index (χ0n) is 14.4. The highest BCUT2D eigenvalue weighted by molar-refractivity contribution is 9.10. The van der Waals surface area contributed by atoms with Gasteiger partial charge in [-0.05, 0) is 64.8 Å². The van der Waals surface area contributed by atoms with Gasteiger partial charge >= 0.3 is 5.91 Å². The fourth-order valence-corrected chi connectivity index (χ4v) is 2.96. The summed E-state index contributed by atoms with van der Waals surface area (Å²) < 4.78 is 11.8. The van der Waals surface area contributed by atoms with Crippen molar-refractivity contribution in [2.45, 2.75) is 13.5 Å². The lowest BCUT2D eigenvalue weighted by Crippen LogP contribution is -2.16. The van der Waals surface area contributed by atoms with E-state index in [0.29, 0.717) is 23.1 Å². The highest BCUT2D eigenvalue weighted by Crippen LogP contribution is 2.27. The van der Waals surface area contributed by atoms with Crippen LogP contribution in [0, 0.1) is 6.92 Å². The van der Waals surface area contributed by atoms with Crippen LogP contribution in [0.3, 0.4) is 0 Å². The molecule has 0 saturated heterocycles. The van der Waals surface area contributed by atoms with Crippen molar-refractivity contribution in [3.8, 4) is 5.75 Å². The van der Waals surface area contributed by atoms with E-state index in [4.69, 9.17) is 20.8 Å². The van der Waals surface area contributed by atoms with E-state index in [1.54, 1.807) is 19.1 Å². The standard InChI is InChI=1S/C20H16BrClN2O3/c1-13-6-8-19(27-13)20(25)24-23-11-14-7-9-18(16(21)10-14)26-12-15-4-2-3-5-17(15)22/h2-11H,12H2,1H3,(H,24,25)/b23-11-. The molecule has 0 fully saturated rings. The normalized spacial score (nSPS) is 10.9. The molecule has 0 saturated carbocycles. The van der Waals surface area contributed by atoms with Crippen LogP contribution in [0.1, 0.15) is 27.4 Å². The molecule has 3 rings (SSSR count). The predicted molar refractivity (Wildman–Crippen MR) is 108 cm³/mol. The first-order valence-electron chi connectivity index (χ1n) is 8.08. The van der Waals surface area contributed by atoms with Gasteiger partial charge in [0.25, 0.3) is 0 Å². The molecule has 1 amide bonds.